The van der Waals surface area contributed by atoms with E-state index >= 15 is 0 Å². The number of para-hydroxylation sites is 2. The average molecular weight is 335 g/mol. The maximum absolute atomic E-state index is 12.0. The minimum atomic E-state index is -1.33. The summed E-state index contributed by atoms with van der Waals surface area (Å²) >= 11 is 0. The summed E-state index contributed by atoms with van der Waals surface area (Å²) in [7, 11) is 0. The van der Waals surface area contributed by atoms with Gasteiger partial charge in [-0.25, -0.2) is 19.5 Å². The molecule has 8 nitrogen and oxygen atoms in total. The molecule has 3 amide bonds. The molecule has 0 unspecified atom stereocenters. The van der Waals surface area contributed by atoms with Crippen molar-refractivity contribution in [3.8, 4) is 0 Å². The minimum absolute atomic E-state index is 0.0700. The van der Waals surface area contributed by atoms with Gasteiger partial charge in [0.15, 0.2) is 5.58 Å². The molecule has 2 rings (SSSR count). The molecule has 8 heteroatoms. The lowest BCUT2D eigenvalue weighted by Crippen LogP contribution is -2.45. The Morgan fingerprint density at radius 3 is 2.67 bits per heavy atom. The Kier molecular flexibility index (Phi) is 5.75. The highest BCUT2D eigenvalue weighted by Crippen LogP contribution is 2.19. The number of hydrogen-bond donors (Lipinski definition) is 3. The Hall–Kier alpha value is -2.61. The molecule has 0 saturated heterocycles. The zero-order valence-electron chi connectivity index (χ0n) is 13.6. The van der Waals surface area contributed by atoms with Gasteiger partial charge in [-0.1, -0.05) is 26.0 Å². The second kappa shape index (κ2) is 7.78. The number of fused-ring (bicyclic) bond motifs is 1. The topological polar surface area (TPSA) is 116 Å². The van der Waals surface area contributed by atoms with Crippen LogP contribution in [0.15, 0.2) is 28.7 Å². The summed E-state index contributed by atoms with van der Waals surface area (Å²) in [5, 5.41) is 21.6. The molecule has 130 valence electrons. The van der Waals surface area contributed by atoms with Crippen LogP contribution in [-0.4, -0.2) is 45.3 Å². The maximum Gasteiger partial charge on any atom is 0.415 e. The van der Waals surface area contributed by atoms with Gasteiger partial charge in [-0.05, 0) is 24.5 Å². The number of aliphatic hydroxyl groups is 1. The number of aliphatic hydroxyl groups excluding tert-OH is 1. The highest BCUT2D eigenvalue weighted by Gasteiger charge is 2.22. The second-order valence-corrected chi connectivity index (χ2v) is 5.84. The summed E-state index contributed by atoms with van der Waals surface area (Å²) in [6.45, 7) is 3.78. The molecule has 0 radical (unpaired) electrons. The molecule has 2 aromatic rings. The number of benzene rings is 1. The molecule has 1 atom stereocenters. The first kappa shape index (κ1) is 17.7. The van der Waals surface area contributed by atoms with Crippen molar-refractivity contribution < 1.29 is 24.2 Å². The van der Waals surface area contributed by atoms with Crippen molar-refractivity contribution in [2.24, 2.45) is 5.92 Å². The lowest BCUT2D eigenvalue weighted by Gasteiger charge is -2.19. The van der Waals surface area contributed by atoms with Gasteiger partial charge < -0.3 is 19.9 Å². The largest absolute Gasteiger partial charge is 0.465 e. The first-order valence-corrected chi connectivity index (χ1v) is 7.70. The number of urea groups is 1. The molecule has 0 spiro atoms. The molecule has 0 aliphatic carbocycles. The normalized spacial score (nSPS) is 12.3. The van der Waals surface area contributed by atoms with Crippen LogP contribution in [0.25, 0.3) is 11.1 Å². The zero-order valence-corrected chi connectivity index (χ0v) is 13.6. The van der Waals surface area contributed by atoms with Crippen LogP contribution in [0.3, 0.4) is 0 Å². The summed E-state index contributed by atoms with van der Waals surface area (Å²) in [6, 6.07) is 6.26. The molecule has 0 bridgehead atoms. The molecular weight excluding hydrogens is 314 g/mol. The van der Waals surface area contributed by atoms with E-state index < -0.39 is 18.2 Å². The third-order valence-electron chi connectivity index (χ3n) is 3.45. The van der Waals surface area contributed by atoms with Crippen LogP contribution in [-0.2, 0) is 0 Å². The summed E-state index contributed by atoms with van der Waals surface area (Å²) in [5.41, 5.74) is 1.13. The van der Waals surface area contributed by atoms with Crippen LogP contribution in [0.5, 0.6) is 0 Å². The van der Waals surface area contributed by atoms with Gasteiger partial charge in [-0.3, -0.25) is 0 Å². The molecule has 24 heavy (non-hydrogen) atoms. The van der Waals surface area contributed by atoms with Crippen LogP contribution in [0.1, 0.15) is 32.3 Å². The summed E-state index contributed by atoms with van der Waals surface area (Å²) < 4.78 is 5.41. The Labute approximate surface area is 139 Å². The van der Waals surface area contributed by atoms with Crippen LogP contribution in [0.4, 0.5) is 9.59 Å². The fourth-order valence-corrected chi connectivity index (χ4v) is 2.07. The van der Waals surface area contributed by atoms with E-state index in [1.807, 2.05) is 13.8 Å². The smallest absolute Gasteiger partial charge is 0.415 e. The predicted molar refractivity (Wildman–Crippen MR) is 86.6 cm³/mol. The summed E-state index contributed by atoms with van der Waals surface area (Å²) in [6.07, 6.45) is -1.93. The van der Waals surface area contributed by atoms with E-state index in [1.54, 1.807) is 24.3 Å². The van der Waals surface area contributed by atoms with Crippen LogP contribution >= 0.6 is 0 Å². The van der Waals surface area contributed by atoms with Crippen molar-refractivity contribution in [2.45, 2.75) is 26.4 Å². The SMILES string of the molecule is CC(C)CCN(C(=O)O)C(=O)NC[C@H](O)c1nc2ccccc2o1. The monoisotopic (exact) mass is 335 g/mol. The molecule has 1 aromatic heterocycles. The van der Waals surface area contributed by atoms with E-state index in [0.29, 0.717) is 22.4 Å². The van der Waals surface area contributed by atoms with Gasteiger partial charge >= 0.3 is 12.1 Å². The molecule has 1 heterocycles. The minimum Gasteiger partial charge on any atom is -0.465 e. The number of oxazole rings is 1. The van der Waals surface area contributed by atoms with Crippen molar-refractivity contribution in [1.29, 1.82) is 0 Å². The lowest BCUT2D eigenvalue weighted by atomic mass is 10.1. The number of amides is 3. The third kappa shape index (κ3) is 4.45. The average Bonchev–Trinajstić information content (AvgIpc) is 2.96. The van der Waals surface area contributed by atoms with Gasteiger partial charge in [-0.15, -0.1) is 0 Å². The van der Waals surface area contributed by atoms with Crippen LogP contribution in [0, 0.1) is 5.92 Å². The van der Waals surface area contributed by atoms with E-state index in [4.69, 9.17) is 9.52 Å². The number of nitrogens with one attached hydrogen (secondary N) is 1. The van der Waals surface area contributed by atoms with E-state index in [-0.39, 0.29) is 24.9 Å². The molecular formula is C16H21N3O5. The van der Waals surface area contributed by atoms with E-state index in [0.717, 1.165) is 0 Å². The van der Waals surface area contributed by atoms with Gasteiger partial charge in [-0.2, -0.15) is 0 Å². The number of carbonyl (C=O) groups is 2. The first-order chi connectivity index (χ1) is 11.4. The molecule has 0 aliphatic heterocycles. The quantitative estimate of drug-likeness (QED) is 0.747. The number of hydrogen-bond acceptors (Lipinski definition) is 5. The van der Waals surface area contributed by atoms with Gasteiger partial charge in [0.1, 0.15) is 11.6 Å². The van der Waals surface area contributed by atoms with Gasteiger partial charge in [0.25, 0.3) is 0 Å². The Bertz CT molecular complexity index is 680. The number of rotatable bonds is 6. The number of imide groups is 1. The first-order valence-electron chi connectivity index (χ1n) is 7.70. The maximum atomic E-state index is 12.0. The van der Waals surface area contributed by atoms with Gasteiger partial charge in [0.05, 0.1) is 6.54 Å². The Balaban J connectivity index is 1.94. The van der Waals surface area contributed by atoms with Crippen molar-refractivity contribution in [2.75, 3.05) is 13.1 Å². The van der Waals surface area contributed by atoms with Crippen LogP contribution in [0.2, 0.25) is 0 Å². The zero-order chi connectivity index (χ0) is 17.7. The molecule has 1 aromatic carbocycles. The summed E-state index contributed by atoms with van der Waals surface area (Å²) in [5.74, 6) is 0.338. The Morgan fingerprint density at radius 1 is 1.33 bits per heavy atom. The van der Waals surface area contributed by atoms with Crippen molar-refractivity contribution in [3.05, 3.63) is 30.2 Å². The fourth-order valence-electron chi connectivity index (χ4n) is 2.07. The van der Waals surface area contributed by atoms with Crippen molar-refractivity contribution in [3.63, 3.8) is 0 Å². The molecule has 0 saturated carbocycles. The molecule has 3 N–H and O–H groups in total. The van der Waals surface area contributed by atoms with E-state index in [9.17, 15) is 14.7 Å². The number of nitrogens with zero attached hydrogens (tertiary/aromatic N) is 2. The fraction of sp³-hybridized carbons (Fsp3) is 0.438. The number of aromatic nitrogens is 1. The van der Waals surface area contributed by atoms with Crippen LogP contribution < -0.4 is 5.32 Å². The number of carboxylic acid groups (broad SMARTS) is 1. The van der Waals surface area contributed by atoms with Crippen molar-refractivity contribution in [1.82, 2.24) is 15.2 Å². The van der Waals surface area contributed by atoms with E-state index in [1.165, 1.54) is 0 Å². The summed E-state index contributed by atoms with van der Waals surface area (Å²) in [4.78, 5) is 28.0. The highest BCUT2D eigenvalue weighted by atomic mass is 16.4. The Morgan fingerprint density at radius 2 is 2.04 bits per heavy atom. The third-order valence-corrected chi connectivity index (χ3v) is 3.45. The molecule has 0 fully saturated rings. The number of carbonyl (C=O) groups excluding carboxylic acids is 1. The highest BCUT2D eigenvalue weighted by molar-refractivity contribution is 5.89. The molecule has 0 aliphatic rings. The van der Waals surface area contributed by atoms with Gasteiger partial charge in [0, 0.05) is 6.54 Å². The van der Waals surface area contributed by atoms with Crippen molar-refractivity contribution >= 4 is 23.2 Å². The van der Waals surface area contributed by atoms with E-state index in [2.05, 4.69) is 10.3 Å². The predicted octanol–water partition coefficient (Wildman–Crippen LogP) is 2.60. The lowest BCUT2D eigenvalue weighted by molar-refractivity contribution is 0.130. The standard InChI is InChI=1S/C16H21N3O5/c1-10(2)7-8-19(16(22)23)15(21)17-9-12(20)14-18-11-5-3-4-6-13(11)24-14/h3-6,10,12,20H,7-9H2,1-2H3,(H,17,21)(H,22,23)/t12-/m0/s1. The van der Waals surface area contributed by atoms with Gasteiger partial charge in [0.2, 0.25) is 5.89 Å². The second-order valence-electron chi connectivity index (χ2n) is 5.84.